The van der Waals surface area contributed by atoms with E-state index in [0.29, 0.717) is 18.7 Å². The summed E-state index contributed by atoms with van der Waals surface area (Å²) in [5.74, 6) is 0.0975. The van der Waals surface area contributed by atoms with Crippen LogP contribution in [0.1, 0.15) is 26.7 Å². The van der Waals surface area contributed by atoms with Gasteiger partial charge < -0.3 is 11.1 Å². The fourth-order valence-corrected chi connectivity index (χ4v) is 1.30. The van der Waals surface area contributed by atoms with E-state index in [0.717, 1.165) is 0 Å². The topological polar surface area (TPSA) is 80.9 Å². The highest BCUT2D eigenvalue weighted by atomic mass is 35.5. The SMILES string of the molecule is CCC(N)(CC)C(=O)Nc1ccc(Cl)nn1. The van der Waals surface area contributed by atoms with Gasteiger partial charge in [-0.1, -0.05) is 25.4 Å². The molecule has 1 aromatic rings. The molecule has 0 saturated carbocycles. The summed E-state index contributed by atoms with van der Waals surface area (Å²) >= 11 is 5.58. The van der Waals surface area contributed by atoms with E-state index in [4.69, 9.17) is 17.3 Å². The van der Waals surface area contributed by atoms with E-state index in [1.165, 1.54) is 0 Å². The Bertz CT molecular complexity index is 362. The van der Waals surface area contributed by atoms with Crippen molar-refractivity contribution >= 4 is 23.3 Å². The molecule has 6 heteroatoms. The van der Waals surface area contributed by atoms with Crippen LogP contribution in [0.15, 0.2) is 12.1 Å². The van der Waals surface area contributed by atoms with Gasteiger partial charge in [-0.15, -0.1) is 10.2 Å². The molecule has 0 aromatic carbocycles. The highest BCUT2D eigenvalue weighted by Crippen LogP contribution is 2.14. The van der Waals surface area contributed by atoms with Gasteiger partial charge in [0.25, 0.3) is 0 Å². The Kier molecular flexibility index (Phi) is 4.20. The summed E-state index contributed by atoms with van der Waals surface area (Å²) < 4.78 is 0. The summed E-state index contributed by atoms with van der Waals surface area (Å²) in [5, 5.41) is 10.3. The average Bonchev–Trinajstić information content (AvgIpc) is 2.31. The zero-order valence-electron chi connectivity index (χ0n) is 9.33. The van der Waals surface area contributed by atoms with Crippen LogP contribution in [0.3, 0.4) is 0 Å². The number of rotatable bonds is 4. The predicted octanol–water partition coefficient (Wildman–Crippen LogP) is 1.59. The van der Waals surface area contributed by atoms with Gasteiger partial charge in [-0.05, 0) is 25.0 Å². The summed E-state index contributed by atoms with van der Waals surface area (Å²) in [4.78, 5) is 11.8. The number of amides is 1. The second-order valence-electron chi connectivity index (χ2n) is 3.56. The van der Waals surface area contributed by atoms with Gasteiger partial charge in [-0.2, -0.15) is 0 Å². The number of anilines is 1. The van der Waals surface area contributed by atoms with Crippen molar-refractivity contribution in [3.8, 4) is 0 Å². The van der Waals surface area contributed by atoms with Crippen LogP contribution in [0.25, 0.3) is 0 Å². The van der Waals surface area contributed by atoms with Crippen molar-refractivity contribution in [3.63, 3.8) is 0 Å². The largest absolute Gasteiger partial charge is 0.317 e. The maximum absolute atomic E-state index is 11.8. The Morgan fingerprint density at radius 1 is 1.44 bits per heavy atom. The van der Waals surface area contributed by atoms with Gasteiger partial charge in [0, 0.05) is 0 Å². The monoisotopic (exact) mass is 242 g/mol. The van der Waals surface area contributed by atoms with Gasteiger partial charge in [0.2, 0.25) is 5.91 Å². The van der Waals surface area contributed by atoms with E-state index < -0.39 is 5.54 Å². The summed E-state index contributed by atoms with van der Waals surface area (Å²) in [6.07, 6.45) is 1.13. The van der Waals surface area contributed by atoms with Crippen molar-refractivity contribution < 1.29 is 4.79 Å². The minimum Gasteiger partial charge on any atom is -0.317 e. The number of hydrogen-bond acceptors (Lipinski definition) is 4. The zero-order valence-corrected chi connectivity index (χ0v) is 10.1. The molecule has 1 aromatic heterocycles. The summed E-state index contributed by atoms with van der Waals surface area (Å²) in [6, 6.07) is 3.14. The average molecular weight is 243 g/mol. The van der Waals surface area contributed by atoms with E-state index in [2.05, 4.69) is 15.5 Å². The molecule has 1 amide bonds. The molecule has 1 rings (SSSR count). The molecule has 0 aliphatic carbocycles. The first-order valence-electron chi connectivity index (χ1n) is 5.11. The van der Waals surface area contributed by atoms with Crippen molar-refractivity contribution in [2.75, 3.05) is 5.32 Å². The van der Waals surface area contributed by atoms with Crippen LogP contribution in [0.2, 0.25) is 5.15 Å². The molecule has 1 heterocycles. The number of hydrogen-bond donors (Lipinski definition) is 2. The number of carbonyl (C=O) groups is 1. The molecular weight excluding hydrogens is 228 g/mol. The first kappa shape index (κ1) is 12.9. The maximum atomic E-state index is 11.8. The smallest absolute Gasteiger partial charge is 0.245 e. The highest BCUT2D eigenvalue weighted by Gasteiger charge is 2.30. The third-order valence-electron chi connectivity index (χ3n) is 2.59. The number of nitrogens with one attached hydrogen (secondary N) is 1. The molecule has 0 unspecified atom stereocenters. The van der Waals surface area contributed by atoms with Gasteiger partial charge in [0.05, 0.1) is 5.54 Å². The molecule has 0 aliphatic rings. The van der Waals surface area contributed by atoms with Crippen LogP contribution in [-0.2, 0) is 4.79 Å². The van der Waals surface area contributed by atoms with Gasteiger partial charge >= 0.3 is 0 Å². The lowest BCUT2D eigenvalue weighted by Gasteiger charge is -2.24. The molecule has 3 N–H and O–H groups in total. The lowest BCUT2D eigenvalue weighted by atomic mass is 9.93. The molecular formula is C10H15ClN4O. The van der Waals surface area contributed by atoms with Gasteiger partial charge in [0.1, 0.15) is 0 Å². The van der Waals surface area contributed by atoms with Gasteiger partial charge in [-0.25, -0.2) is 0 Å². The van der Waals surface area contributed by atoms with E-state index in [1.54, 1.807) is 12.1 Å². The van der Waals surface area contributed by atoms with Crippen LogP contribution >= 0.6 is 11.6 Å². The molecule has 5 nitrogen and oxygen atoms in total. The van der Waals surface area contributed by atoms with Gasteiger partial charge in [0.15, 0.2) is 11.0 Å². The maximum Gasteiger partial charge on any atom is 0.245 e. The van der Waals surface area contributed by atoms with Gasteiger partial charge in [-0.3, -0.25) is 4.79 Å². The Labute approximate surface area is 99.4 Å². The Morgan fingerprint density at radius 2 is 2.06 bits per heavy atom. The van der Waals surface area contributed by atoms with Crippen molar-refractivity contribution in [2.24, 2.45) is 5.73 Å². The van der Waals surface area contributed by atoms with E-state index in [9.17, 15) is 4.79 Å². The molecule has 0 atom stereocenters. The fraction of sp³-hybridized carbons (Fsp3) is 0.500. The number of nitrogens with zero attached hydrogens (tertiary/aromatic N) is 2. The Morgan fingerprint density at radius 3 is 2.50 bits per heavy atom. The summed E-state index contributed by atoms with van der Waals surface area (Å²) in [6.45, 7) is 3.74. The predicted molar refractivity (Wildman–Crippen MR) is 63.2 cm³/mol. The number of halogens is 1. The molecule has 0 fully saturated rings. The zero-order chi connectivity index (χ0) is 12.2. The fourth-order valence-electron chi connectivity index (χ4n) is 1.19. The van der Waals surface area contributed by atoms with Crippen molar-refractivity contribution in [1.82, 2.24) is 10.2 Å². The van der Waals surface area contributed by atoms with E-state index >= 15 is 0 Å². The van der Waals surface area contributed by atoms with Crippen molar-refractivity contribution in [2.45, 2.75) is 32.2 Å². The van der Waals surface area contributed by atoms with Crippen molar-refractivity contribution in [3.05, 3.63) is 17.3 Å². The molecule has 88 valence electrons. The van der Waals surface area contributed by atoms with Crippen LogP contribution < -0.4 is 11.1 Å². The van der Waals surface area contributed by atoms with Crippen molar-refractivity contribution in [1.29, 1.82) is 0 Å². The normalized spacial score (nSPS) is 11.2. The minimum atomic E-state index is -0.860. The second-order valence-corrected chi connectivity index (χ2v) is 3.95. The number of carbonyl (C=O) groups excluding carboxylic acids is 1. The van der Waals surface area contributed by atoms with E-state index in [1.807, 2.05) is 13.8 Å². The third-order valence-corrected chi connectivity index (χ3v) is 2.79. The third kappa shape index (κ3) is 2.90. The summed E-state index contributed by atoms with van der Waals surface area (Å²) in [5.41, 5.74) is 5.07. The Hall–Kier alpha value is -1.20. The molecule has 0 radical (unpaired) electrons. The first-order chi connectivity index (χ1) is 7.51. The molecule has 0 spiro atoms. The molecule has 0 bridgehead atoms. The minimum absolute atomic E-state index is 0.255. The van der Waals surface area contributed by atoms with E-state index in [-0.39, 0.29) is 11.1 Å². The van der Waals surface area contributed by atoms with Crippen LogP contribution in [-0.4, -0.2) is 21.6 Å². The quantitative estimate of drug-likeness (QED) is 0.840. The van der Waals surface area contributed by atoms with Crippen LogP contribution in [0.5, 0.6) is 0 Å². The lowest BCUT2D eigenvalue weighted by molar-refractivity contribution is -0.121. The number of aromatic nitrogens is 2. The van der Waals surface area contributed by atoms with Crippen LogP contribution in [0, 0.1) is 0 Å². The molecule has 0 aliphatic heterocycles. The first-order valence-corrected chi connectivity index (χ1v) is 5.49. The standard InChI is InChI=1S/C10H15ClN4O/c1-3-10(12,4-2)9(16)13-8-6-5-7(11)14-15-8/h5-6H,3-4,12H2,1-2H3,(H,13,15,16). The Balaban J connectivity index is 2.74. The van der Waals surface area contributed by atoms with Crippen LogP contribution in [0.4, 0.5) is 5.82 Å². The number of nitrogens with two attached hydrogens (primary N) is 1. The molecule has 0 saturated heterocycles. The molecule has 16 heavy (non-hydrogen) atoms. The summed E-state index contributed by atoms with van der Waals surface area (Å²) in [7, 11) is 0. The lowest BCUT2D eigenvalue weighted by Crippen LogP contribution is -2.50. The second kappa shape index (κ2) is 5.23. The highest BCUT2D eigenvalue weighted by molar-refractivity contribution is 6.29.